The van der Waals surface area contributed by atoms with Crippen molar-refractivity contribution in [2.75, 3.05) is 20.8 Å². The summed E-state index contributed by atoms with van der Waals surface area (Å²) in [5, 5.41) is 1.57. The molecule has 0 saturated carbocycles. The first kappa shape index (κ1) is 19.8. The third-order valence-electron chi connectivity index (χ3n) is 3.77. The number of hydrogen-bond donors (Lipinski definition) is 0. The van der Waals surface area contributed by atoms with E-state index in [9.17, 15) is 9.59 Å². The molecule has 0 aromatic heterocycles. The van der Waals surface area contributed by atoms with E-state index in [0.29, 0.717) is 42.1 Å². The summed E-state index contributed by atoms with van der Waals surface area (Å²) in [4.78, 5) is 29.1. The number of carbonyl (C=O) groups excluding carboxylic acids is 2. The fraction of sp³-hybridized carbons (Fsp3) is 0.526. The fourth-order valence-corrected chi connectivity index (χ4v) is 2.63. The predicted octanol–water partition coefficient (Wildman–Crippen LogP) is 2.77. The molecule has 142 valence electrons. The summed E-state index contributed by atoms with van der Waals surface area (Å²) in [5.74, 6) is 2.36. The Hall–Kier alpha value is -2.50. The van der Waals surface area contributed by atoms with E-state index in [1.165, 1.54) is 14.2 Å². The summed E-state index contributed by atoms with van der Waals surface area (Å²) in [7, 11) is 2.85. The maximum absolute atomic E-state index is 12.0. The minimum atomic E-state index is -0.498. The number of carbonyl (C=O) groups is 1. The maximum Gasteiger partial charge on any atom is 0.341 e. The van der Waals surface area contributed by atoms with Crippen LogP contribution in [-0.4, -0.2) is 49.4 Å². The zero-order chi connectivity index (χ0) is 19.3. The number of esters is 1. The molecule has 0 spiro atoms. The van der Waals surface area contributed by atoms with Crippen molar-refractivity contribution in [3.05, 3.63) is 29.5 Å². The quantitative estimate of drug-likeness (QED) is 0.588. The average Bonchev–Trinajstić information content (AvgIpc) is 2.61. The standard InChI is InChI=1S/C19H25NO6/c1-19(2,3)26-20-9-8-15(10-13(20)12-21)25-17-11-14(23-4)6-7-16(17)18(22)24-5/h6-7,11,15H,8-10H2,1-5H3. The maximum atomic E-state index is 12.0. The average molecular weight is 363 g/mol. The van der Waals surface area contributed by atoms with Crippen molar-refractivity contribution in [3.8, 4) is 11.5 Å². The lowest BCUT2D eigenvalue weighted by Crippen LogP contribution is -2.41. The second-order valence-corrected chi connectivity index (χ2v) is 6.94. The second kappa shape index (κ2) is 8.25. The Morgan fingerprint density at radius 3 is 2.58 bits per heavy atom. The van der Waals surface area contributed by atoms with E-state index in [1.54, 1.807) is 23.3 Å². The molecule has 7 heteroatoms. The van der Waals surface area contributed by atoms with E-state index in [4.69, 9.17) is 19.0 Å². The van der Waals surface area contributed by atoms with Crippen LogP contribution >= 0.6 is 0 Å². The van der Waals surface area contributed by atoms with Crippen molar-refractivity contribution >= 4 is 11.9 Å². The monoisotopic (exact) mass is 363 g/mol. The number of nitrogens with zero attached hydrogens (tertiary/aromatic N) is 1. The number of methoxy groups -OCH3 is 2. The molecule has 1 fully saturated rings. The van der Waals surface area contributed by atoms with Crippen LogP contribution in [0.4, 0.5) is 0 Å². The van der Waals surface area contributed by atoms with Gasteiger partial charge in [0, 0.05) is 25.5 Å². The van der Waals surface area contributed by atoms with Gasteiger partial charge in [-0.3, -0.25) is 4.84 Å². The van der Waals surface area contributed by atoms with Gasteiger partial charge in [0.05, 0.1) is 19.8 Å². The minimum Gasteiger partial charge on any atom is -0.497 e. The molecule has 1 saturated heterocycles. The number of rotatable bonds is 5. The molecule has 0 amide bonds. The van der Waals surface area contributed by atoms with Crippen molar-refractivity contribution < 1.29 is 28.6 Å². The molecule has 1 heterocycles. The number of piperidine rings is 1. The van der Waals surface area contributed by atoms with Crippen LogP contribution in [0.2, 0.25) is 0 Å². The van der Waals surface area contributed by atoms with Gasteiger partial charge in [-0.2, -0.15) is 0 Å². The van der Waals surface area contributed by atoms with Gasteiger partial charge >= 0.3 is 5.97 Å². The van der Waals surface area contributed by atoms with Gasteiger partial charge in [-0.05, 0) is 32.9 Å². The molecular formula is C19H25NO6. The van der Waals surface area contributed by atoms with E-state index < -0.39 is 11.6 Å². The third-order valence-corrected chi connectivity index (χ3v) is 3.77. The van der Waals surface area contributed by atoms with Gasteiger partial charge in [0.2, 0.25) is 0 Å². The zero-order valence-corrected chi connectivity index (χ0v) is 15.8. The lowest BCUT2D eigenvalue weighted by atomic mass is 10.1. The Labute approximate surface area is 153 Å². The first-order valence-corrected chi connectivity index (χ1v) is 8.41. The molecule has 1 aromatic carbocycles. The number of ether oxygens (including phenoxy) is 3. The second-order valence-electron chi connectivity index (χ2n) is 6.94. The molecule has 7 nitrogen and oxygen atoms in total. The molecule has 26 heavy (non-hydrogen) atoms. The Morgan fingerprint density at radius 2 is 2.00 bits per heavy atom. The predicted molar refractivity (Wildman–Crippen MR) is 94.7 cm³/mol. The van der Waals surface area contributed by atoms with E-state index >= 15 is 0 Å². The summed E-state index contributed by atoms with van der Waals surface area (Å²) < 4.78 is 16.0. The Balaban J connectivity index is 2.17. The molecule has 0 N–H and O–H groups in total. The van der Waals surface area contributed by atoms with Gasteiger partial charge in [-0.15, -0.1) is 0 Å². The molecule has 2 rings (SSSR count). The summed E-state index contributed by atoms with van der Waals surface area (Å²) in [5.41, 5.74) is 0.276. The summed E-state index contributed by atoms with van der Waals surface area (Å²) >= 11 is 0. The highest BCUT2D eigenvalue weighted by Gasteiger charge is 2.30. The summed E-state index contributed by atoms with van der Waals surface area (Å²) in [6.07, 6.45) is 0.665. The van der Waals surface area contributed by atoms with Crippen LogP contribution in [0.15, 0.2) is 23.9 Å². The minimum absolute atomic E-state index is 0.290. The lowest BCUT2D eigenvalue weighted by molar-refractivity contribution is -0.217. The highest BCUT2D eigenvalue weighted by Crippen LogP contribution is 2.31. The van der Waals surface area contributed by atoms with Crippen LogP contribution in [0.3, 0.4) is 0 Å². The SMILES string of the molecule is COC(=O)c1ccc(OC)cc1OC1CCN(OC(C)(C)C)C(=C=O)C1. The Bertz CT molecular complexity index is 702. The van der Waals surface area contributed by atoms with Crippen LogP contribution in [0.5, 0.6) is 11.5 Å². The largest absolute Gasteiger partial charge is 0.497 e. The molecule has 0 bridgehead atoms. The highest BCUT2D eigenvalue weighted by molar-refractivity contribution is 5.92. The number of benzene rings is 1. The molecule has 1 aromatic rings. The van der Waals surface area contributed by atoms with Crippen molar-refractivity contribution in [1.82, 2.24) is 5.06 Å². The molecule has 1 unspecified atom stereocenters. The van der Waals surface area contributed by atoms with E-state index in [1.807, 2.05) is 26.7 Å². The van der Waals surface area contributed by atoms with E-state index in [-0.39, 0.29) is 6.10 Å². The Morgan fingerprint density at radius 1 is 1.27 bits per heavy atom. The van der Waals surface area contributed by atoms with Gasteiger partial charge in [0.1, 0.15) is 34.8 Å². The molecule has 1 aliphatic heterocycles. The normalized spacial score (nSPS) is 17.5. The van der Waals surface area contributed by atoms with Crippen LogP contribution in [-0.2, 0) is 14.4 Å². The van der Waals surface area contributed by atoms with Crippen LogP contribution in [0, 0.1) is 0 Å². The van der Waals surface area contributed by atoms with Crippen LogP contribution < -0.4 is 9.47 Å². The van der Waals surface area contributed by atoms with Gasteiger partial charge in [-0.25, -0.2) is 14.7 Å². The molecule has 1 aliphatic rings. The van der Waals surface area contributed by atoms with Gasteiger partial charge in [0.15, 0.2) is 0 Å². The van der Waals surface area contributed by atoms with Crippen molar-refractivity contribution in [2.24, 2.45) is 0 Å². The van der Waals surface area contributed by atoms with Crippen LogP contribution in [0.25, 0.3) is 0 Å². The first-order chi connectivity index (χ1) is 12.3. The first-order valence-electron chi connectivity index (χ1n) is 8.41. The molecule has 0 aliphatic carbocycles. The van der Waals surface area contributed by atoms with E-state index in [2.05, 4.69) is 0 Å². The third kappa shape index (κ3) is 5.00. The molecular weight excluding hydrogens is 338 g/mol. The number of hydrogen-bond acceptors (Lipinski definition) is 7. The highest BCUT2D eigenvalue weighted by atomic mass is 16.7. The fourth-order valence-electron chi connectivity index (χ4n) is 2.63. The van der Waals surface area contributed by atoms with Crippen molar-refractivity contribution in [3.63, 3.8) is 0 Å². The lowest BCUT2D eigenvalue weighted by Gasteiger charge is -2.37. The van der Waals surface area contributed by atoms with Gasteiger partial charge in [0.25, 0.3) is 0 Å². The smallest absolute Gasteiger partial charge is 0.341 e. The number of hydroxylamine groups is 2. The van der Waals surface area contributed by atoms with Crippen molar-refractivity contribution in [2.45, 2.75) is 45.3 Å². The molecule has 1 atom stereocenters. The van der Waals surface area contributed by atoms with Gasteiger partial charge < -0.3 is 14.2 Å². The topological polar surface area (TPSA) is 74.3 Å². The molecule has 0 radical (unpaired) electrons. The van der Waals surface area contributed by atoms with Crippen LogP contribution in [0.1, 0.15) is 44.0 Å². The van der Waals surface area contributed by atoms with Crippen molar-refractivity contribution in [1.29, 1.82) is 0 Å². The Kier molecular flexibility index (Phi) is 6.29. The summed E-state index contributed by atoms with van der Waals surface area (Å²) in [6.45, 7) is 6.23. The van der Waals surface area contributed by atoms with E-state index in [0.717, 1.165) is 0 Å². The van der Waals surface area contributed by atoms with Gasteiger partial charge in [-0.1, -0.05) is 0 Å². The summed E-state index contributed by atoms with van der Waals surface area (Å²) in [6, 6.07) is 4.89. The zero-order valence-electron chi connectivity index (χ0n) is 15.8.